The van der Waals surface area contributed by atoms with E-state index in [1.54, 1.807) is 12.1 Å². The highest BCUT2D eigenvalue weighted by Gasteiger charge is 2.27. The maximum Gasteiger partial charge on any atom is 0.244 e. The Kier molecular flexibility index (Phi) is 6.10. The lowest BCUT2D eigenvalue weighted by Gasteiger charge is -2.31. The Hall–Kier alpha value is -1.71. The minimum Gasteiger partial charge on any atom is -0.370 e. The van der Waals surface area contributed by atoms with Crippen molar-refractivity contribution in [3.63, 3.8) is 0 Å². The van der Waals surface area contributed by atoms with Crippen LogP contribution >= 0.6 is 0 Å². The van der Waals surface area contributed by atoms with Gasteiger partial charge in [0.1, 0.15) is 10.7 Å². The molecule has 3 heterocycles. The SMILES string of the molecule is CN1CCN(S(=O)(=O)c2ccc(NCCC(=O)N3CCCC3)nc2)CC1. The number of sulfonamides is 1. The van der Waals surface area contributed by atoms with Gasteiger partial charge in [0, 0.05) is 58.4 Å². The Bertz CT molecular complexity index is 708. The van der Waals surface area contributed by atoms with E-state index >= 15 is 0 Å². The van der Waals surface area contributed by atoms with Crippen LogP contribution in [0.25, 0.3) is 0 Å². The van der Waals surface area contributed by atoms with E-state index < -0.39 is 10.0 Å². The molecule has 1 aromatic heterocycles. The first-order valence-corrected chi connectivity index (χ1v) is 10.6. The van der Waals surface area contributed by atoms with E-state index in [1.165, 1.54) is 10.5 Å². The van der Waals surface area contributed by atoms with Gasteiger partial charge in [0.25, 0.3) is 0 Å². The van der Waals surface area contributed by atoms with Crippen molar-refractivity contribution in [1.29, 1.82) is 0 Å². The Morgan fingerprint density at radius 2 is 1.81 bits per heavy atom. The molecule has 1 aromatic rings. The number of nitrogens with one attached hydrogen (secondary N) is 1. The smallest absolute Gasteiger partial charge is 0.244 e. The van der Waals surface area contributed by atoms with E-state index in [-0.39, 0.29) is 10.8 Å². The molecule has 0 bridgehead atoms. The predicted octanol–water partition coefficient (Wildman–Crippen LogP) is 0.442. The fourth-order valence-corrected chi connectivity index (χ4v) is 4.61. The number of aromatic nitrogens is 1. The number of carbonyl (C=O) groups is 1. The summed E-state index contributed by atoms with van der Waals surface area (Å²) in [5.74, 6) is 0.737. The molecule has 0 atom stereocenters. The van der Waals surface area contributed by atoms with Crippen LogP contribution in [0.5, 0.6) is 0 Å². The molecule has 1 amide bonds. The first-order valence-electron chi connectivity index (χ1n) is 9.13. The number of pyridine rings is 1. The number of likely N-dealkylation sites (tertiary alicyclic amines) is 1. The largest absolute Gasteiger partial charge is 0.370 e. The van der Waals surface area contributed by atoms with Crippen molar-refractivity contribution in [2.75, 3.05) is 58.2 Å². The number of nitrogens with zero attached hydrogens (tertiary/aromatic N) is 4. The van der Waals surface area contributed by atoms with E-state index in [9.17, 15) is 13.2 Å². The first kappa shape index (κ1) is 19.1. The lowest BCUT2D eigenvalue weighted by atomic mass is 10.3. The first-order chi connectivity index (χ1) is 12.5. The topological polar surface area (TPSA) is 85.8 Å². The van der Waals surface area contributed by atoms with Gasteiger partial charge in [-0.3, -0.25) is 4.79 Å². The molecule has 0 radical (unpaired) electrons. The van der Waals surface area contributed by atoms with Gasteiger partial charge >= 0.3 is 0 Å². The third-order valence-corrected chi connectivity index (χ3v) is 6.82. The second-order valence-electron chi connectivity index (χ2n) is 6.85. The van der Waals surface area contributed by atoms with Crippen LogP contribution in [-0.4, -0.2) is 86.3 Å². The summed E-state index contributed by atoms with van der Waals surface area (Å²) in [6, 6.07) is 3.23. The van der Waals surface area contributed by atoms with Crippen LogP contribution in [0.4, 0.5) is 5.82 Å². The van der Waals surface area contributed by atoms with Gasteiger partial charge in [-0.2, -0.15) is 4.31 Å². The third-order valence-electron chi connectivity index (χ3n) is 4.94. The molecule has 0 aromatic carbocycles. The Labute approximate surface area is 155 Å². The van der Waals surface area contributed by atoms with Gasteiger partial charge < -0.3 is 15.1 Å². The highest BCUT2D eigenvalue weighted by Crippen LogP contribution is 2.18. The fraction of sp³-hybridized carbons (Fsp3) is 0.647. The Morgan fingerprint density at radius 3 is 2.42 bits per heavy atom. The summed E-state index contributed by atoms with van der Waals surface area (Å²) in [4.78, 5) is 20.4. The summed E-state index contributed by atoms with van der Waals surface area (Å²) in [6.07, 6.45) is 3.98. The van der Waals surface area contributed by atoms with Gasteiger partial charge in [-0.15, -0.1) is 0 Å². The van der Waals surface area contributed by atoms with Crippen molar-refractivity contribution in [3.05, 3.63) is 18.3 Å². The number of anilines is 1. The second kappa shape index (κ2) is 8.32. The molecule has 2 fully saturated rings. The summed E-state index contributed by atoms with van der Waals surface area (Å²) in [5, 5.41) is 3.09. The molecule has 3 rings (SSSR count). The number of hydrogen-bond donors (Lipinski definition) is 1. The van der Waals surface area contributed by atoms with Crippen LogP contribution in [0.15, 0.2) is 23.2 Å². The average molecular weight is 382 g/mol. The second-order valence-corrected chi connectivity index (χ2v) is 8.79. The lowest BCUT2D eigenvalue weighted by Crippen LogP contribution is -2.47. The molecule has 0 saturated carbocycles. The summed E-state index contributed by atoms with van der Waals surface area (Å²) < 4.78 is 26.8. The molecular formula is C17H27N5O3S. The molecule has 9 heteroatoms. The van der Waals surface area contributed by atoms with Crippen molar-refractivity contribution < 1.29 is 13.2 Å². The molecule has 0 aliphatic carbocycles. The van der Waals surface area contributed by atoms with Crippen molar-refractivity contribution in [2.45, 2.75) is 24.2 Å². The van der Waals surface area contributed by atoms with Gasteiger partial charge in [0.2, 0.25) is 15.9 Å². The summed E-state index contributed by atoms with van der Waals surface area (Å²) in [7, 11) is -1.51. The standard InChI is InChI=1S/C17H27N5O3S/c1-20-10-12-22(13-11-20)26(24,25)15-4-5-16(19-14-15)18-7-6-17(23)21-8-2-3-9-21/h4-5,14H,2-3,6-13H2,1H3,(H,18,19). The summed E-state index contributed by atoms with van der Waals surface area (Å²) in [5.41, 5.74) is 0. The zero-order chi connectivity index (χ0) is 18.6. The fourth-order valence-electron chi connectivity index (χ4n) is 3.24. The van der Waals surface area contributed by atoms with E-state index in [2.05, 4.69) is 15.2 Å². The number of piperazine rings is 1. The monoisotopic (exact) mass is 381 g/mol. The van der Waals surface area contributed by atoms with E-state index in [1.807, 2.05) is 11.9 Å². The van der Waals surface area contributed by atoms with Crippen molar-refractivity contribution in [1.82, 2.24) is 19.1 Å². The maximum atomic E-state index is 12.7. The molecule has 144 valence electrons. The zero-order valence-electron chi connectivity index (χ0n) is 15.2. The van der Waals surface area contributed by atoms with Gasteiger partial charge in [-0.1, -0.05) is 0 Å². The molecule has 2 aliphatic heterocycles. The number of hydrogen-bond acceptors (Lipinski definition) is 6. The van der Waals surface area contributed by atoms with Crippen LogP contribution in [0, 0.1) is 0 Å². The van der Waals surface area contributed by atoms with Gasteiger partial charge in [0.15, 0.2) is 0 Å². The Balaban J connectivity index is 1.52. The maximum absolute atomic E-state index is 12.7. The van der Waals surface area contributed by atoms with Crippen LogP contribution in [0.1, 0.15) is 19.3 Å². The quantitative estimate of drug-likeness (QED) is 0.770. The number of amides is 1. The van der Waals surface area contributed by atoms with Crippen molar-refractivity contribution in [2.24, 2.45) is 0 Å². The summed E-state index contributed by atoms with van der Waals surface area (Å²) >= 11 is 0. The molecule has 0 spiro atoms. The molecule has 8 nitrogen and oxygen atoms in total. The summed E-state index contributed by atoms with van der Waals surface area (Å²) in [6.45, 7) is 4.67. The lowest BCUT2D eigenvalue weighted by molar-refractivity contribution is -0.129. The normalized spacial score (nSPS) is 19.7. The van der Waals surface area contributed by atoms with Crippen LogP contribution in [0.3, 0.4) is 0 Å². The molecule has 0 unspecified atom stereocenters. The van der Waals surface area contributed by atoms with Gasteiger partial charge in [-0.25, -0.2) is 13.4 Å². The number of carbonyl (C=O) groups excluding carboxylic acids is 1. The zero-order valence-corrected chi connectivity index (χ0v) is 16.0. The average Bonchev–Trinajstić information content (AvgIpc) is 3.17. The van der Waals surface area contributed by atoms with Crippen molar-refractivity contribution in [3.8, 4) is 0 Å². The van der Waals surface area contributed by atoms with E-state index in [0.717, 1.165) is 39.0 Å². The minimum absolute atomic E-state index is 0.157. The van der Waals surface area contributed by atoms with E-state index in [0.29, 0.717) is 31.9 Å². The molecular weight excluding hydrogens is 354 g/mol. The number of likely N-dealkylation sites (N-methyl/N-ethyl adjacent to an activating group) is 1. The third kappa shape index (κ3) is 4.52. The van der Waals surface area contributed by atoms with Crippen LogP contribution < -0.4 is 5.32 Å². The molecule has 2 aliphatic rings. The molecule has 1 N–H and O–H groups in total. The van der Waals surface area contributed by atoms with Crippen molar-refractivity contribution >= 4 is 21.7 Å². The molecule has 26 heavy (non-hydrogen) atoms. The van der Waals surface area contributed by atoms with Crippen LogP contribution in [-0.2, 0) is 14.8 Å². The van der Waals surface area contributed by atoms with E-state index in [4.69, 9.17) is 0 Å². The minimum atomic E-state index is -3.49. The number of rotatable bonds is 6. The highest BCUT2D eigenvalue weighted by molar-refractivity contribution is 7.89. The van der Waals surface area contributed by atoms with Gasteiger partial charge in [0.05, 0.1) is 0 Å². The highest BCUT2D eigenvalue weighted by atomic mass is 32.2. The van der Waals surface area contributed by atoms with Gasteiger partial charge in [-0.05, 0) is 32.0 Å². The predicted molar refractivity (Wildman–Crippen MR) is 99.4 cm³/mol. The molecule has 2 saturated heterocycles. The van der Waals surface area contributed by atoms with Crippen LogP contribution in [0.2, 0.25) is 0 Å². The Morgan fingerprint density at radius 1 is 1.12 bits per heavy atom.